The maximum Gasteiger partial charge on any atom is 0.151 e. The topological polar surface area (TPSA) is 12.5 Å². The van der Waals surface area contributed by atoms with Gasteiger partial charge in [0, 0.05) is 5.69 Å². The second kappa shape index (κ2) is 5.96. The molecule has 0 spiro atoms. The lowest BCUT2D eigenvalue weighted by Crippen LogP contribution is -2.16. The van der Waals surface area contributed by atoms with Crippen LogP contribution in [0.5, 0.6) is 11.5 Å². The van der Waals surface area contributed by atoms with Crippen LogP contribution in [0.1, 0.15) is 26.3 Å². The fourth-order valence-corrected chi connectivity index (χ4v) is 3.38. The Morgan fingerprint density at radius 1 is 0.760 bits per heavy atom. The van der Waals surface area contributed by atoms with Crippen molar-refractivity contribution in [2.75, 3.05) is 4.90 Å². The van der Waals surface area contributed by atoms with Crippen molar-refractivity contribution in [3.8, 4) is 11.5 Å². The van der Waals surface area contributed by atoms with E-state index in [1.807, 2.05) is 18.2 Å². The molecule has 3 aromatic carbocycles. The summed E-state index contributed by atoms with van der Waals surface area (Å²) in [6.07, 6.45) is 1.03. The second-order valence-electron chi connectivity index (χ2n) is 7.78. The van der Waals surface area contributed by atoms with Gasteiger partial charge in [0.1, 0.15) is 0 Å². The first-order valence-corrected chi connectivity index (χ1v) is 8.76. The van der Waals surface area contributed by atoms with E-state index in [-0.39, 0.29) is 5.41 Å². The largest absolute Gasteiger partial charge is 0.453 e. The van der Waals surface area contributed by atoms with Gasteiger partial charge in [-0.3, -0.25) is 0 Å². The van der Waals surface area contributed by atoms with Gasteiger partial charge in [0.25, 0.3) is 0 Å². The van der Waals surface area contributed by atoms with Gasteiger partial charge in [0.05, 0.1) is 11.4 Å². The van der Waals surface area contributed by atoms with E-state index in [1.165, 1.54) is 5.56 Å². The highest BCUT2D eigenvalue weighted by atomic mass is 16.5. The summed E-state index contributed by atoms with van der Waals surface area (Å²) in [6, 6.07) is 25.2. The van der Waals surface area contributed by atoms with Gasteiger partial charge >= 0.3 is 0 Å². The minimum Gasteiger partial charge on any atom is -0.453 e. The summed E-state index contributed by atoms with van der Waals surface area (Å²) in [5.41, 5.74) is 4.91. The number of rotatable bonds is 2. The zero-order valence-electron chi connectivity index (χ0n) is 15.0. The molecule has 0 saturated heterocycles. The summed E-state index contributed by atoms with van der Waals surface area (Å²) < 4.78 is 6.17. The molecule has 0 N–H and O–H groups in total. The minimum atomic E-state index is 0.249. The average Bonchev–Trinajstić information content (AvgIpc) is 2.59. The Kier molecular flexibility index (Phi) is 3.76. The summed E-state index contributed by atoms with van der Waals surface area (Å²) in [7, 11) is 0. The van der Waals surface area contributed by atoms with Crippen LogP contribution in [0.2, 0.25) is 0 Å². The molecule has 0 aromatic heterocycles. The Morgan fingerprint density at radius 2 is 1.44 bits per heavy atom. The van der Waals surface area contributed by atoms with Gasteiger partial charge in [0.15, 0.2) is 11.5 Å². The summed E-state index contributed by atoms with van der Waals surface area (Å²) in [5, 5.41) is 0. The average molecular weight is 329 g/mol. The molecule has 0 unspecified atom stereocenters. The highest BCUT2D eigenvalue weighted by Gasteiger charge is 2.26. The Morgan fingerprint density at radius 3 is 2.20 bits per heavy atom. The molecule has 0 saturated carbocycles. The van der Waals surface area contributed by atoms with Crippen LogP contribution in [0.3, 0.4) is 0 Å². The highest BCUT2D eigenvalue weighted by Crippen LogP contribution is 2.50. The number of anilines is 3. The monoisotopic (exact) mass is 329 g/mol. The first-order valence-electron chi connectivity index (χ1n) is 8.76. The third-order valence-electron chi connectivity index (χ3n) is 4.34. The molecule has 0 atom stereocenters. The van der Waals surface area contributed by atoms with Gasteiger partial charge < -0.3 is 9.64 Å². The lowest BCUT2D eigenvalue weighted by molar-refractivity contribution is 0.410. The van der Waals surface area contributed by atoms with E-state index in [0.717, 1.165) is 35.0 Å². The Labute approximate surface area is 149 Å². The molecule has 1 heterocycles. The first kappa shape index (κ1) is 15.8. The number of hydrogen-bond acceptors (Lipinski definition) is 2. The molecular formula is C23H23NO. The smallest absolute Gasteiger partial charge is 0.151 e. The Balaban J connectivity index is 1.87. The number of benzene rings is 3. The molecule has 25 heavy (non-hydrogen) atoms. The van der Waals surface area contributed by atoms with Crippen LogP contribution >= 0.6 is 0 Å². The van der Waals surface area contributed by atoms with Crippen molar-refractivity contribution in [1.82, 2.24) is 0 Å². The zero-order valence-corrected chi connectivity index (χ0v) is 15.0. The quantitative estimate of drug-likeness (QED) is 0.399. The molecule has 126 valence electrons. The molecule has 0 bridgehead atoms. The predicted molar refractivity (Wildman–Crippen MR) is 104 cm³/mol. The molecule has 3 aromatic rings. The Bertz CT molecular complexity index is 893. The van der Waals surface area contributed by atoms with Gasteiger partial charge in [-0.25, -0.2) is 0 Å². The molecule has 2 heteroatoms. The first-order chi connectivity index (χ1) is 12.0. The molecule has 0 amide bonds. The van der Waals surface area contributed by atoms with Crippen LogP contribution in [0.15, 0.2) is 72.8 Å². The minimum absolute atomic E-state index is 0.249. The predicted octanol–water partition coefficient (Wildman–Crippen LogP) is 6.85. The molecule has 0 aliphatic carbocycles. The van der Waals surface area contributed by atoms with E-state index in [9.17, 15) is 0 Å². The van der Waals surface area contributed by atoms with Gasteiger partial charge in [-0.1, -0.05) is 57.2 Å². The second-order valence-corrected chi connectivity index (χ2v) is 7.78. The van der Waals surface area contributed by atoms with E-state index < -0.39 is 0 Å². The lowest BCUT2D eigenvalue weighted by Gasteiger charge is -2.33. The molecule has 0 radical (unpaired) electrons. The molecule has 4 rings (SSSR count). The van der Waals surface area contributed by atoms with Crippen molar-refractivity contribution in [3.05, 3.63) is 78.4 Å². The van der Waals surface area contributed by atoms with Crippen LogP contribution in [0.4, 0.5) is 17.1 Å². The van der Waals surface area contributed by atoms with Gasteiger partial charge in [-0.05, 0) is 53.8 Å². The van der Waals surface area contributed by atoms with Crippen molar-refractivity contribution in [3.63, 3.8) is 0 Å². The number of para-hydroxylation sites is 3. The molecular weight excluding hydrogens is 306 g/mol. The van der Waals surface area contributed by atoms with Gasteiger partial charge in [0.2, 0.25) is 0 Å². The summed E-state index contributed by atoms with van der Waals surface area (Å²) >= 11 is 0. The maximum atomic E-state index is 6.17. The normalized spacial score (nSPS) is 13.0. The number of fused-ring (bicyclic) bond motifs is 2. The third kappa shape index (κ3) is 3.12. The molecule has 0 fully saturated rings. The van der Waals surface area contributed by atoms with Crippen LogP contribution in [-0.4, -0.2) is 0 Å². The van der Waals surface area contributed by atoms with E-state index >= 15 is 0 Å². The molecule has 1 aliphatic rings. The van der Waals surface area contributed by atoms with Gasteiger partial charge in [-0.15, -0.1) is 0 Å². The molecule has 1 aliphatic heterocycles. The maximum absolute atomic E-state index is 6.17. The highest BCUT2D eigenvalue weighted by molar-refractivity contribution is 5.86. The summed E-state index contributed by atoms with van der Waals surface area (Å²) in [6.45, 7) is 6.81. The SMILES string of the molecule is CC(C)(C)Cc1ccc2c(c1)N(c1ccccc1)c1ccccc1O2. The van der Waals surface area contributed by atoms with Crippen molar-refractivity contribution in [2.45, 2.75) is 27.2 Å². The van der Waals surface area contributed by atoms with Crippen LogP contribution < -0.4 is 9.64 Å². The van der Waals surface area contributed by atoms with Crippen molar-refractivity contribution in [2.24, 2.45) is 5.41 Å². The van der Waals surface area contributed by atoms with E-state index in [0.29, 0.717) is 0 Å². The standard InChI is InChI=1S/C23H23NO/c1-23(2,3)16-17-13-14-22-20(15-17)24(18-9-5-4-6-10-18)19-11-7-8-12-21(19)25-22/h4-15H,16H2,1-3H3. The number of ether oxygens (including phenoxy) is 1. The van der Waals surface area contributed by atoms with Gasteiger partial charge in [-0.2, -0.15) is 0 Å². The summed E-state index contributed by atoms with van der Waals surface area (Å²) in [4.78, 5) is 2.29. The van der Waals surface area contributed by atoms with Crippen LogP contribution in [0, 0.1) is 5.41 Å². The zero-order chi connectivity index (χ0) is 17.4. The summed E-state index contributed by atoms with van der Waals surface area (Å²) in [5.74, 6) is 1.79. The van der Waals surface area contributed by atoms with Crippen molar-refractivity contribution < 1.29 is 4.74 Å². The lowest BCUT2D eigenvalue weighted by atomic mass is 9.88. The fourth-order valence-electron chi connectivity index (χ4n) is 3.38. The van der Waals surface area contributed by atoms with Crippen LogP contribution in [-0.2, 0) is 6.42 Å². The van der Waals surface area contributed by atoms with Crippen molar-refractivity contribution in [1.29, 1.82) is 0 Å². The van der Waals surface area contributed by atoms with E-state index in [2.05, 4.69) is 80.3 Å². The van der Waals surface area contributed by atoms with E-state index in [4.69, 9.17) is 4.74 Å². The number of nitrogens with zero attached hydrogens (tertiary/aromatic N) is 1. The van der Waals surface area contributed by atoms with Crippen molar-refractivity contribution >= 4 is 17.1 Å². The van der Waals surface area contributed by atoms with Crippen LogP contribution in [0.25, 0.3) is 0 Å². The third-order valence-corrected chi connectivity index (χ3v) is 4.34. The Hall–Kier alpha value is -2.74. The molecule has 2 nitrogen and oxygen atoms in total. The fraction of sp³-hybridized carbons (Fsp3) is 0.217. The van der Waals surface area contributed by atoms with E-state index in [1.54, 1.807) is 0 Å². The number of hydrogen-bond donors (Lipinski definition) is 0.